The van der Waals surface area contributed by atoms with E-state index in [0.29, 0.717) is 6.54 Å². The first-order chi connectivity index (χ1) is 33.6. The molecule has 2 aliphatic rings. The second-order valence-electron chi connectivity index (χ2n) is 18.3. The minimum Gasteiger partial charge on any atom is -0.341 e. The van der Waals surface area contributed by atoms with Crippen LogP contribution in [-0.2, 0) is 12.8 Å². The molecule has 0 unspecified atom stereocenters. The first kappa shape index (κ1) is 41.2. The summed E-state index contributed by atoms with van der Waals surface area (Å²) in [5.41, 5.74) is 18.9. The summed E-state index contributed by atoms with van der Waals surface area (Å²) in [6.45, 7) is 7.36. The van der Waals surface area contributed by atoms with Crippen molar-refractivity contribution in [1.29, 1.82) is 0 Å². The predicted molar refractivity (Wildman–Crippen MR) is 292 cm³/mol. The van der Waals surface area contributed by atoms with Crippen LogP contribution in [0.1, 0.15) is 37.5 Å². The molecule has 0 amide bonds. The number of allylic oxidation sites excluding steroid dienone is 4. The summed E-state index contributed by atoms with van der Waals surface area (Å²) in [6, 6.07) is 74.4. The maximum absolute atomic E-state index is 2.52. The molecule has 0 saturated carbocycles. The lowest BCUT2D eigenvalue weighted by Gasteiger charge is -2.34. The van der Waals surface area contributed by atoms with Gasteiger partial charge in [-0.05, 0) is 156 Å². The van der Waals surface area contributed by atoms with Crippen LogP contribution in [0.5, 0.6) is 0 Å². The van der Waals surface area contributed by atoms with Crippen molar-refractivity contribution in [1.82, 2.24) is 0 Å². The Kier molecular flexibility index (Phi) is 10.4. The number of rotatable bonds is 7. The highest BCUT2D eigenvalue weighted by atomic mass is 15.2. The number of nitrogens with zero attached hydrogens (tertiary/aromatic N) is 2. The van der Waals surface area contributed by atoms with Gasteiger partial charge in [-0.15, -0.1) is 0 Å². The van der Waals surface area contributed by atoms with E-state index in [1.165, 1.54) is 121 Å². The molecule has 12 rings (SSSR count). The first-order valence-corrected chi connectivity index (χ1v) is 24.0. The van der Waals surface area contributed by atoms with Crippen LogP contribution in [0.4, 0.5) is 22.7 Å². The molecule has 0 spiro atoms. The van der Waals surface area contributed by atoms with E-state index in [2.05, 4.69) is 255 Å². The Balaban J connectivity index is 1.16. The molecule has 0 aromatic heterocycles. The summed E-state index contributed by atoms with van der Waals surface area (Å²) < 4.78 is 0. The third-order valence-corrected chi connectivity index (χ3v) is 14.5. The van der Waals surface area contributed by atoms with Crippen molar-refractivity contribution in [2.24, 2.45) is 0 Å². The molecule has 0 bridgehead atoms. The summed E-state index contributed by atoms with van der Waals surface area (Å²) >= 11 is 0. The highest BCUT2D eigenvalue weighted by molar-refractivity contribution is 6.11. The van der Waals surface area contributed by atoms with Crippen LogP contribution in [-0.4, -0.2) is 6.54 Å². The van der Waals surface area contributed by atoms with E-state index >= 15 is 0 Å². The Morgan fingerprint density at radius 2 is 1.07 bits per heavy atom. The Labute approximate surface area is 399 Å². The van der Waals surface area contributed by atoms with Gasteiger partial charge in [0.2, 0.25) is 0 Å². The van der Waals surface area contributed by atoms with Gasteiger partial charge in [0.05, 0.1) is 0 Å². The van der Waals surface area contributed by atoms with Gasteiger partial charge in [0.15, 0.2) is 0 Å². The molecule has 0 aliphatic carbocycles. The summed E-state index contributed by atoms with van der Waals surface area (Å²) in [5, 5.41) is 9.92. The van der Waals surface area contributed by atoms with Crippen molar-refractivity contribution in [3.8, 4) is 33.4 Å². The van der Waals surface area contributed by atoms with Crippen molar-refractivity contribution in [3.63, 3.8) is 0 Å². The van der Waals surface area contributed by atoms with Crippen LogP contribution in [0.25, 0.3) is 77.9 Å². The average Bonchev–Trinajstić information content (AvgIpc) is 3.39. The number of hydrogen-bond donors (Lipinski definition) is 0. The second kappa shape index (κ2) is 17.2. The van der Waals surface area contributed by atoms with E-state index in [9.17, 15) is 0 Å². The van der Waals surface area contributed by atoms with Crippen LogP contribution in [0.3, 0.4) is 0 Å². The maximum atomic E-state index is 2.52. The van der Waals surface area contributed by atoms with E-state index in [1.807, 2.05) is 0 Å². The minimum atomic E-state index is 0.715. The number of fused-ring (bicyclic) bond motifs is 6. The van der Waals surface area contributed by atoms with Crippen molar-refractivity contribution < 1.29 is 0 Å². The number of benzene rings is 10. The minimum absolute atomic E-state index is 0.715. The van der Waals surface area contributed by atoms with Gasteiger partial charge in [-0.1, -0.05) is 188 Å². The van der Waals surface area contributed by atoms with E-state index < -0.39 is 0 Å². The van der Waals surface area contributed by atoms with Crippen LogP contribution in [0.2, 0.25) is 0 Å². The summed E-state index contributed by atoms with van der Waals surface area (Å²) in [7, 11) is 0. The van der Waals surface area contributed by atoms with Gasteiger partial charge in [-0.25, -0.2) is 0 Å². The molecular formula is C66H52N2. The van der Waals surface area contributed by atoms with Crippen molar-refractivity contribution in [2.75, 3.05) is 16.3 Å². The lowest BCUT2D eigenvalue weighted by atomic mass is 9.85. The molecule has 68 heavy (non-hydrogen) atoms. The van der Waals surface area contributed by atoms with Gasteiger partial charge in [-0.2, -0.15) is 0 Å². The SMILES string of the molecule is C/C=C\C1=C(C)N(C/C=c2/c(-c3ccc(-c4ccc5ccccc5c4)cc3)c3ccc(N4c5ccccc5Cc5ccccc54)cc3c(-c3cccc4ccccc34)/c2=C/C)c2ccccc2C1. The molecule has 2 heteroatoms. The van der Waals surface area contributed by atoms with E-state index in [-0.39, 0.29) is 0 Å². The summed E-state index contributed by atoms with van der Waals surface area (Å²) in [4.78, 5) is 5.01. The fourth-order valence-corrected chi connectivity index (χ4v) is 11.2. The topological polar surface area (TPSA) is 6.48 Å². The third-order valence-electron chi connectivity index (χ3n) is 14.5. The summed E-state index contributed by atoms with van der Waals surface area (Å²) in [5.74, 6) is 0. The molecule has 0 fully saturated rings. The zero-order valence-electron chi connectivity index (χ0n) is 38.9. The quantitative estimate of drug-likeness (QED) is 0.157. The maximum Gasteiger partial charge on any atom is 0.0497 e. The van der Waals surface area contributed by atoms with Crippen LogP contribution < -0.4 is 20.2 Å². The molecule has 10 aromatic carbocycles. The smallest absolute Gasteiger partial charge is 0.0497 e. The van der Waals surface area contributed by atoms with Crippen LogP contribution in [0.15, 0.2) is 224 Å². The van der Waals surface area contributed by atoms with Gasteiger partial charge in [0.1, 0.15) is 0 Å². The predicted octanol–water partition coefficient (Wildman–Crippen LogP) is 16.0. The van der Waals surface area contributed by atoms with E-state index in [0.717, 1.165) is 18.5 Å². The van der Waals surface area contributed by atoms with Gasteiger partial charge in [0.25, 0.3) is 0 Å². The Morgan fingerprint density at radius 1 is 0.456 bits per heavy atom. The molecule has 2 aliphatic heterocycles. The zero-order chi connectivity index (χ0) is 45.7. The molecular weight excluding hydrogens is 821 g/mol. The van der Waals surface area contributed by atoms with Crippen LogP contribution in [0, 0.1) is 0 Å². The Hall–Kier alpha value is -8.20. The molecule has 2 nitrogen and oxygen atoms in total. The van der Waals surface area contributed by atoms with Gasteiger partial charge in [0, 0.05) is 47.8 Å². The van der Waals surface area contributed by atoms with Crippen molar-refractivity contribution >= 4 is 67.2 Å². The molecule has 0 saturated heterocycles. The van der Waals surface area contributed by atoms with E-state index in [4.69, 9.17) is 0 Å². The number of para-hydroxylation sites is 3. The largest absolute Gasteiger partial charge is 0.341 e. The molecule has 0 N–H and O–H groups in total. The highest BCUT2D eigenvalue weighted by Crippen LogP contribution is 2.46. The Bertz CT molecular complexity index is 3760. The highest BCUT2D eigenvalue weighted by Gasteiger charge is 2.26. The van der Waals surface area contributed by atoms with Crippen LogP contribution >= 0.6 is 0 Å². The standard InChI is InChI=1S/C66H52N2/c1-4-17-49-40-52-21-9-13-27-62(52)67(44(49)3)39-38-60-56(5-2)66(58-26-16-24-47-19-8-12-25-57(47)58)61-43-55(68-63-28-14-10-22-53(63)42-54-23-11-15-29-64(54)68)36-37-59(61)65(60)48-33-30-46(31-34-48)51-35-32-45-18-6-7-20-50(45)41-51/h4-38,41,43H,39-40,42H2,1-3H3/b17-4-,56-5+,60-38+. The third kappa shape index (κ3) is 7.04. The Morgan fingerprint density at radius 3 is 1.81 bits per heavy atom. The van der Waals surface area contributed by atoms with Gasteiger partial charge in [-0.3, -0.25) is 0 Å². The second-order valence-corrected chi connectivity index (χ2v) is 18.3. The monoisotopic (exact) mass is 872 g/mol. The molecule has 10 aromatic rings. The van der Waals surface area contributed by atoms with E-state index in [1.54, 1.807) is 0 Å². The normalized spacial score (nSPS) is 14.0. The molecule has 2 heterocycles. The van der Waals surface area contributed by atoms with Gasteiger partial charge < -0.3 is 9.80 Å². The van der Waals surface area contributed by atoms with Crippen molar-refractivity contribution in [2.45, 2.75) is 33.6 Å². The van der Waals surface area contributed by atoms with Gasteiger partial charge >= 0.3 is 0 Å². The fourth-order valence-electron chi connectivity index (χ4n) is 11.2. The molecule has 326 valence electrons. The molecule has 0 atom stereocenters. The fraction of sp³-hybridized carbons (Fsp3) is 0.0909. The number of hydrogen-bond acceptors (Lipinski definition) is 2. The molecule has 0 radical (unpaired) electrons. The lowest BCUT2D eigenvalue weighted by molar-refractivity contribution is 0.939. The lowest BCUT2D eigenvalue weighted by Crippen LogP contribution is -2.33. The first-order valence-electron chi connectivity index (χ1n) is 24.0. The average molecular weight is 873 g/mol. The summed E-state index contributed by atoms with van der Waals surface area (Å²) in [6.07, 6.45) is 11.2. The zero-order valence-corrected chi connectivity index (χ0v) is 38.9. The number of anilines is 4. The van der Waals surface area contributed by atoms with Crippen molar-refractivity contribution in [3.05, 3.63) is 251 Å².